The van der Waals surface area contributed by atoms with E-state index in [4.69, 9.17) is 10.5 Å². The van der Waals surface area contributed by atoms with Gasteiger partial charge in [-0.3, -0.25) is 4.79 Å². The largest absolute Gasteiger partial charge is 0.492 e. The van der Waals surface area contributed by atoms with Gasteiger partial charge in [0.2, 0.25) is 5.91 Å². The van der Waals surface area contributed by atoms with Gasteiger partial charge in [-0.25, -0.2) is 0 Å². The number of halogens is 2. The minimum Gasteiger partial charge on any atom is -0.492 e. The highest BCUT2D eigenvalue weighted by atomic mass is 79.9. The van der Waals surface area contributed by atoms with E-state index in [-0.39, 0.29) is 29.8 Å². The average Bonchev–Trinajstić information content (AvgIpc) is 2.43. The van der Waals surface area contributed by atoms with Gasteiger partial charge in [0.1, 0.15) is 12.4 Å². The Morgan fingerprint density at radius 2 is 2.27 bits per heavy atom. The van der Waals surface area contributed by atoms with Crippen molar-refractivity contribution >= 4 is 34.2 Å². The Morgan fingerprint density at radius 3 is 2.95 bits per heavy atom. The molecule has 22 heavy (non-hydrogen) atoms. The maximum atomic E-state index is 12.2. The first-order valence-corrected chi connectivity index (χ1v) is 8.23. The van der Waals surface area contributed by atoms with Crippen LogP contribution in [-0.2, 0) is 4.79 Å². The summed E-state index contributed by atoms with van der Waals surface area (Å²) in [7, 11) is 0. The summed E-state index contributed by atoms with van der Waals surface area (Å²) in [6, 6.07) is 7.66. The van der Waals surface area contributed by atoms with Crippen molar-refractivity contribution in [1.82, 2.24) is 5.32 Å². The normalized spacial score (nSPS) is 24.2. The topological polar surface area (TPSA) is 64.4 Å². The number of hydrogen-bond donors (Lipinski definition) is 2. The van der Waals surface area contributed by atoms with Gasteiger partial charge in [-0.2, -0.15) is 0 Å². The fraction of sp³-hybridized carbons (Fsp3) is 0.562. The van der Waals surface area contributed by atoms with Gasteiger partial charge in [0.25, 0.3) is 0 Å². The lowest BCUT2D eigenvalue weighted by Crippen LogP contribution is -2.53. The Labute approximate surface area is 146 Å². The molecule has 0 spiro atoms. The zero-order valence-electron chi connectivity index (χ0n) is 12.8. The van der Waals surface area contributed by atoms with E-state index in [2.05, 4.69) is 21.2 Å². The molecule has 1 saturated carbocycles. The quantitative estimate of drug-likeness (QED) is 0.757. The van der Waals surface area contributed by atoms with Crippen molar-refractivity contribution in [2.45, 2.75) is 38.1 Å². The van der Waals surface area contributed by atoms with Gasteiger partial charge in [-0.1, -0.05) is 34.8 Å². The molecule has 1 aliphatic carbocycles. The third-order valence-corrected chi connectivity index (χ3v) is 4.53. The minimum absolute atomic E-state index is 0. The fourth-order valence-electron chi connectivity index (χ4n) is 2.81. The molecular formula is C16H24BrClN2O2. The van der Waals surface area contributed by atoms with Gasteiger partial charge >= 0.3 is 0 Å². The van der Waals surface area contributed by atoms with Crippen molar-refractivity contribution in [3.05, 3.63) is 28.7 Å². The lowest BCUT2D eigenvalue weighted by atomic mass is 9.74. The summed E-state index contributed by atoms with van der Waals surface area (Å²) in [5.74, 6) is 0.759. The number of carbonyl (C=O) groups is 1. The number of carbonyl (C=O) groups excluding carboxylic acids is 1. The Balaban J connectivity index is 0.00000242. The van der Waals surface area contributed by atoms with E-state index in [0.717, 1.165) is 35.9 Å². The highest BCUT2D eigenvalue weighted by Crippen LogP contribution is 2.31. The Hall–Kier alpha value is -0.780. The SMILES string of the molecule is CC1(N)CCCCC1C(=O)NCCOc1cccc(Br)c1.Cl. The van der Waals surface area contributed by atoms with E-state index in [9.17, 15) is 4.79 Å². The van der Waals surface area contributed by atoms with Crippen LogP contribution >= 0.6 is 28.3 Å². The molecule has 1 fully saturated rings. The maximum absolute atomic E-state index is 12.2. The molecule has 2 rings (SSSR count). The number of rotatable bonds is 5. The van der Waals surface area contributed by atoms with Crippen molar-refractivity contribution in [1.29, 1.82) is 0 Å². The monoisotopic (exact) mass is 390 g/mol. The molecule has 1 aromatic rings. The number of hydrogen-bond acceptors (Lipinski definition) is 3. The van der Waals surface area contributed by atoms with Gasteiger partial charge < -0.3 is 15.8 Å². The number of nitrogens with one attached hydrogen (secondary N) is 1. The van der Waals surface area contributed by atoms with E-state index in [1.165, 1.54) is 0 Å². The highest BCUT2D eigenvalue weighted by molar-refractivity contribution is 9.10. The predicted octanol–water partition coefficient (Wildman–Crippen LogP) is 3.27. The molecule has 124 valence electrons. The third-order valence-electron chi connectivity index (χ3n) is 4.04. The van der Waals surface area contributed by atoms with Crippen LogP contribution in [0.5, 0.6) is 5.75 Å². The first-order chi connectivity index (χ1) is 9.99. The molecule has 0 saturated heterocycles. The zero-order valence-corrected chi connectivity index (χ0v) is 15.2. The molecule has 0 heterocycles. The number of nitrogens with two attached hydrogens (primary N) is 1. The molecule has 4 nitrogen and oxygen atoms in total. The molecule has 0 aliphatic heterocycles. The van der Waals surface area contributed by atoms with Crippen LogP contribution in [0.15, 0.2) is 28.7 Å². The van der Waals surface area contributed by atoms with Gasteiger partial charge in [-0.15, -0.1) is 12.4 Å². The fourth-order valence-corrected chi connectivity index (χ4v) is 3.19. The third kappa shape index (κ3) is 5.45. The van der Waals surface area contributed by atoms with Crippen molar-refractivity contribution in [3.63, 3.8) is 0 Å². The molecular weight excluding hydrogens is 368 g/mol. The predicted molar refractivity (Wildman–Crippen MR) is 94.4 cm³/mol. The van der Waals surface area contributed by atoms with E-state index in [0.29, 0.717) is 13.2 Å². The molecule has 0 bridgehead atoms. The Bertz CT molecular complexity index is 497. The molecule has 1 aliphatic rings. The number of benzene rings is 1. The maximum Gasteiger partial charge on any atom is 0.225 e. The van der Waals surface area contributed by atoms with Crippen LogP contribution in [0.2, 0.25) is 0 Å². The van der Waals surface area contributed by atoms with Gasteiger partial charge in [0.15, 0.2) is 0 Å². The summed E-state index contributed by atoms with van der Waals surface area (Å²) in [4.78, 5) is 12.2. The Morgan fingerprint density at radius 1 is 1.50 bits per heavy atom. The second-order valence-electron chi connectivity index (χ2n) is 5.90. The van der Waals surface area contributed by atoms with Gasteiger partial charge in [0, 0.05) is 10.0 Å². The van der Waals surface area contributed by atoms with E-state index in [1.54, 1.807) is 0 Å². The van der Waals surface area contributed by atoms with Crippen LogP contribution in [0.25, 0.3) is 0 Å². The van der Waals surface area contributed by atoms with Crippen LogP contribution < -0.4 is 15.8 Å². The highest BCUT2D eigenvalue weighted by Gasteiger charge is 2.37. The summed E-state index contributed by atoms with van der Waals surface area (Å²) in [6.07, 6.45) is 3.99. The minimum atomic E-state index is -0.381. The standard InChI is InChI=1S/C16H23BrN2O2.ClH/c1-16(18)8-3-2-7-14(16)15(20)19-9-10-21-13-6-4-5-12(17)11-13;/h4-6,11,14H,2-3,7-10,18H2,1H3,(H,19,20);1H. The first kappa shape index (κ1) is 19.3. The first-order valence-electron chi connectivity index (χ1n) is 7.44. The molecule has 1 aromatic carbocycles. The zero-order chi connectivity index (χ0) is 15.3. The van der Waals surface area contributed by atoms with Crippen molar-refractivity contribution in [3.8, 4) is 5.75 Å². The molecule has 3 N–H and O–H groups in total. The van der Waals surface area contributed by atoms with Crippen molar-refractivity contribution < 1.29 is 9.53 Å². The summed E-state index contributed by atoms with van der Waals surface area (Å²) in [5.41, 5.74) is 5.86. The summed E-state index contributed by atoms with van der Waals surface area (Å²) in [5, 5.41) is 2.94. The lowest BCUT2D eigenvalue weighted by Gasteiger charge is -2.37. The molecule has 2 atom stereocenters. The molecule has 6 heteroatoms. The van der Waals surface area contributed by atoms with Gasteiger partial charge in [-0.05, 0) is 38.0 Å². The number of ether oxygens (including phenoxy) is 1. The van der Waals surface area contributed by atoms with Crippen LogP contribution in [0.3, 0.4) is 0 Å². The van der Waals surface area contributed by atoms with Crippen molar-refractivity contribution in [2.75, 3.05) is 13.2 Å². The van der Waals surface area contributed by atoms with Crippen LogP contribution in [0.1, 0.15) is 32.6 Å². The molecule has 0 aromatic heterocycles. The average molecular weight is 392 g/mol. The molecule has 2 unspecified atom stereocenters. The second kappa shape index (κ2) is 8.75. The molecule has 0 radical (unpaired) electrons. The van der Waals surface area contributed by atoms with E-state index in [1.807, 2.05) is 31.2 Å². The van der Waals surface area contributed by atoms with Gasteiger partial charge in [0.05, 0.1) is 12.5 Å². The van der Waals surface area contributed by atoms with Crippen LogP contribution in [-0.4, -0.2) is 24.6 Å². The van der Waals surface area contributed by atoms with Crippen LogP contribution in [0, 0.1) is 5.92 Å². The van der Waals surface area contributed by atoms with Crippen molar-refractivity contribution in [2.24, 2.45) is 11.7 Å². The summed E-state index contributed by atoms with van der Waals surface area (Å²) < 4.78 is 6.58. The van der Waals surface area contributed by atoms with E-state index < -0.39 is 0 Å². The molecule has 1 amide bonds. The summed E-state index contributed by atoms with van der Waals surface area (Å²) in [6.45, 7) is 2.93. The smallest absolute Gasteiger partial charge is 0.225 e. The second-order valence-corrected chi connectivity index (χ2v) is 6.82. The lowest BCUT2D eigenvalue weighted by molar-refractivity contribution is -0.128. The Kier molecular flexibility index (Phi) is 7.66. The number of amides is 1. The van der Waals surface area contributed by atoms with Crippen LogP contribution in [0.4, 0.5) is 0 Å². The van der Waals surface area contributed by atoms with E-state index >= 15 is 0 Å². The summed E-state index contributed by atoms with van der Waals surface area (Å²) >= 11 is 3.40.